The fourth-order valence-electron chi connectivity index (χ4n) is 3.45. The van der Waals surface area contributed by atoms with Crippen molar-refractivity contribution in [3.05, 3.63) is 47.3 Å². The molecule has 4 rings (SSSR count). The van der Waals surface area contributed by atoms with Gasteiger partial charge in [0.2, 0.25) is 11.6 Å². The third kappa shape index (κ3) is 4.81. The number of benzene rings is 1. The van der Waals surface area contributed by atoms with Crippen LogP contribution in [0, 0.1) is 0 Å². The minimum atomic E-state index is -0.466. The maximum atomic E-state index is 12.9. The molecule has 1 amide bonds. The van der Waals surface area contributed by atoms with Gasteiger partial charge in [0.15, 0.2) is 5.69 Å². The zero-order valence-corrected chi connectivity index (χ0v) is 18.0. The third-order valence-corrected chi connectivity index (χ3v) is 5.43. The van der Waals surface area contributed by atoms with Gasteiger partial charge < -0.3 is 10.6 Å². The van der Waals surface area contributed by atoms with E-state index >= 15 is 0 Å². The summed E-state index contributed by atoms with van der Waals surface area (Å²) in [7, 11) is 2.08. The van der Waals surface area contributed by atoms with E-state index in [0.29, 0.717) is 12.2 Å². The molecule has 0 bridgehead atoms. The summed E-state index contributed by atoms with van der Waals surface area (Å²) in [5, 5.41) is 19.7. The van der Waals surface area contributed by atoms with E-state index in [-0.39, 0.29) is 23.2 Å². The van der Waals surface area contributed by atoms with Crippen molar-refractivity contribution in [3.8, 4) is 5.82 Å². The number of rotatable bonds is 7. The number of hydrogen-bond acceptors (Lipinski definition) is 10. The minimum absolute atomic E-state index is 0.0398. The van der Waals surface area contributed by atoms with Crippen LogP contribution in [0.4, 0.5) is 5.82 Å². The van der Waals surface area contributed by atoms with Crippen LogP contribution in [0.2, 0.25) is 0 Å². The van der Waals surface area contributed by atoms with Crippen LogP contribution < -0.4 is 11.2 Å². The second-order valence-electron chi connectivity index (χ2n) is 7.77. The van der Waals surface area contributed by atoms with E-state index in [1.165, 1.54) is 4.68 Å². The standard InChI is InChI=1S/C20H26N10O2/c1-14(15-6-4-3-5-7-15)12-22-24-20(31)17-16(13-29-10-8-28(2)9-11-29)30(27-23-17)19-18(21)25-32-26-19/h3-7,12,14H,8-11,13H2,1-2H3,(H2,21,25)(H,24,31). The zero-order chi connectivity index (χ0) is 22.5. The molecule has 168 valence electrons. The molecule has 0 spiro atoms. The summed E-state index contributed by atoms with van der Waals surface area (Å²) < 4.78 is 6.10. The summed E-state index contributed by atoms with van der Waals surface area (Å²) in [6, 6.07) is 9.90. The molecule has 0 radical (unpaired) electrons. The number of nitrogens with one attached hydrogen (secondary N) is 1. The molecule has 1 aromatic carbocycles. The SMILES string of the molecule is CC(C=NNC(=O)c1nnn(-c2nonc2N)c1CN1CCN(C)CC1)c1ccccc1. The summed E-state index contributed by atoms with van der Waals surface area (Å²) in [5.74, 6) is -0.164. The van der Waals surface area contributed by atoms with Crippen LogP contribution in [0.5, 0.6) is 0 Å². The summed E-state index contributed by atoms with van der Waals surface area (Å²) in [5.41, 5.74) is 10.2. The van der Waals surface area contributed by atoms with Gasteiger partial charge in [0.05, 0.1) is 5.69 Å². The van der Waals surface area contributed by atoms with Crippen LogP contribution in [-0.2, 0) is 6.54 Å². The lowest BCUT2D eigenvalue weighted by atomic mass is 10.0. The van der Waals surface area contributed by atoms with Gasteiger partial charge in [-0.3, -0.25) is 9.69 Å². The molecule has 3 aromatic rings. The van der Waals surface area contributed by atoms with Crippen molar-refractivity contribution >= 4 is 17.9 Å². The molecule has 3 heterocycles. The molecule has 1 aliphatic heterocycles. The second kappa shape index (κ2) is 9.66. The lowest BCUT2D eigenvalue weighted by Crippen LogP contribution is -2.44. The van der Waals surface area contributed by atoms with Gasteiger partial charge in [0.25, 0.3) is 5.91 Å². The van der Waals surface area contributed by atoms with Crippen molar-refractivity contribution < 1.29 is 9.42 Å². The Morgan fingerprint density at radius 3 is 2.69 bits per heavy atom. The molecule has 3 N–H and O–H groups in total. The highest BCUT2D eigenvalue weighted by Gasteiger charge is 2.26. The largest absolute Gasteiger partial charge is 0.378 e. The highest BCUT2D eigenvalue weighted by molar-refractivity contribution is 5.93. The zero-order valence-electron chi connectivity index (χ0n) is 18.0. The fraction of sp³-hybridized carbons (Fsp3) is 0.400. The van der Waals surface area contributed by atoms with Crippen LogP contribution in [0.1, 0.15) is 34.6 Å². The molecule has 0 saturated carbocycles. The summed E-state index contributed by atoms with van der Waals surface area (Å²) >= 11 is 0. The molecule has 1 saturated heterocycles. The van der Waals surface area contributed by atoms with Crippen LogP contribution in [0.15, 0.2) is 40.1 Å². The molecule has 1 aliphatic rings. The van der Waals surface area contributed by atoms with Gasteiger partial charge in [-0.25, -0.2) is 10.1 Å². The number of hydrogen-bond donors (Lipinski definition) is 2. The summed E-state index contributed by atoms with van der Waals surface area (Å²) in [6.07, 6.45) is 1.68. The first kappa shape index (κ1) is 21.6. The molecule has 12 heteroatoms. The molecular weight excluding hydrogens is 412 g/mol. The predicted molar refractivity (Wildman–Crippen MR) is 117 cm³/mol. The lowest BCUT2D eigenvalue weighted by molar-refractivity contribution is 0.0945. The number of hydrazone groups is 1. The van der Waals surface area contributed by atoms with Crippen LogP contribution in [0.25, 0.3) is 5.82 Å². The number of nitrogens with zero attached hydrogens (tertiary/aromatic N) is 8. The Hall–Kier alpha value is -3.64. The Balaban J connectivity index is 1.53. The quantitative estimate of drug-likeness (QED) is 0.398. The highest BCUT2D eigenvalue weighted by Crippen LogP contribution is 2.18. The van der Waals surface area contributed by atoms with E-state index in [1.807, 2.05) is 37.3 Å². The number of carbonyl (C=O) groups excluding carboxylic acids is 1. The smallest absolute Gasteiger partial charge is 0.293 e. The Kier molecular flexibility index (Phi) is 6.52. The molecule has 1 fully saturated rings. The number of nitrogen functional groups attached to an aromatic ring is 1. The number of amides is 1. The van der Waals surface area contributed by atoms with Gasteiger partial charge >= 0.3 is 0 Å². The Morgan fingerprint density at radius 2 is 2.00 bits per heavy atom. The number of aromatic nitrogens is 5. The van der Waals surface area contributed by atoms with E-state index in [9.17, 15) is 4.79 Å². The van der Waals surface area contributed by atoms with Crippen LogP contribution >= 0.6 is 0 Å². The van der Waals surface area contributed by atoms with E-state index in [2.05, 4.69) is 48.0 Å². The number of nitrogens with two attached hydrogens (primary N) is 1. The number of likely N-dealkylation sites (N-methyl/N-ethyl adjacent to an activating group) is 1. The van der Waals surface area contributed by atoms with Crippen molar-refractivity contribution in [1.29, 1.82) is 0 Å². The monoisotopic (exact) mass is 438 g/mol. The first-order chi connectivity index (χ1) is 15.5. The Bertz CT molecular complexity index is 1070. The average molecular weight is 438 g/mol. The normalized spacial score (nSPS) is 16.4. The van der Waals surface area contributed by atoms with Gasteiger partial charge in [-0.05, 0) is 22.9 Å². The van der Waals surface area contributed by atoms with Crippen LogP contribution in [0.3, 0.4) is 0 Å². The van der Waals surface area contributed by atoms with E-state index < -0.39 is 5.91 Å². The van der Waals surface area contributed by atoms with Gasteiger partial charge in [0, 0.05) is 44.9 Å². The molecule has 2 aromatic heterocycles. The third-order valence-electron chi connectivity index (χ3n) is 5.43. The van der Waals surface area contributed by atoms with Crippen molar-refractivity contribution in [2.75, 3.05) is 39.0 Å². The van der Waals surface area contributed by atoms with E-state index in [4.69, 9.17) is 10.4 Å². The first-order valence-corrected chi connectivity index (χ1v) is 10.3. The maximum absolute atomic E-state index is 12.9. The molecular formula is C20H26N10O2. The Morgan fingerprint density at radius 1 is 1.25 bits per heavy atom. The molecule has 1 unspecified atom stereocenters. The fourth-order valence-corrected chi connectivity index (χ4v) is 3.45. The van der Waals surface area contributed by atoms with E-state index in [0.717, 1.165) is 31.7 Å². The highest BCUT2D eigenvalue weighted by atomic mass is 16.6. The average Bonchev–Trinajstić information content (AvgIpc) is 3.41. The van der Waals surface area contributed by atoms with Gasteiger partial charge in [0.1, 0.15) is 0 Å². The number of anilines is 1. The summed E-state index contributed by atoms with van der Waals surface area (Å²) in [4.78, 5) is 17.4. The van der Waals surface area contributed by atoms with Crippen molar-refractivity contribution in [3.63, 3.8) is 0 Å². The maximum Gasteiger partial charge on any atom is 0.293 e. The molecule has 12 nitrogen and oxygen atoms in total. The number of piperazine rings is 1. The second-order valence-corrected chi connectivity index (χ2v) is 7.77. The lowest BCUT2D eigenvalue weighted by Gasteiger charge is -2.32. The first-order valence-electron chi connectivity index (χ1n) is 10.3. The van der Waals surface area contributed by atoms with Crippen molar-refractivity contribution in [2.24, 2.45) is 5.10 Å². The van der Waals surface area contributed by atoms with Gasteiger partial charge in [-0.2, -0.15) is 9.78 Å². The molecule has 32 heavy (non-hydrogen) atoms. The van der Waals surface area contributed by atoms with Crippen molar-refractivity contribution in [2.45, 2.75) is 19.4 Å². The van der Waals surface area contributed by atoms with E-state index in [1.54, 1.807) is 6.21 Å². The topological polar surface area (TPSA) is 144 Å². The van der Waals surface area contributed by atoms with Gasteiger partial charge in [-0.1, -0.05) is 42.5 Å². The number of carbonyl (C=O) groups is 1. The van der Waals surface area contributed by atoms with Crippen LogP contribution in [-0.4, -0.2) is 80.5 Å². The predicted octanol–water partition coefficient (Wildman–Crippen LogP) is 0.499. The molecule has 0 aliphatic carbocycles. The summed E-state index contributed by atoms with van der Waals surface area (Å²) in [6.45, 7) is 6.00. The Labute approximate surface area is 185 Å². The minimum Gasteiger partial charge on any atom is -0.378 e. The van der Waals surface area contributed by atoms with Crippen molar-refractivity contribution in [1.82, 2.24) is 40.5 Å². The molecule has 1 atom stereocenters. The van der Waals surface area contributed by atoms with Gasteiger partial charge in [-0.15, -0.1) is 5.10 Å².